The predicted octanol–water partition coefficient (Wildman–Crippen LogP) is 3.26. The number of rotatable bonds is 2. The average molecular weight is 308 g/mol. The molecule has 3 rings (SSSR count). The quantitative estimate of drug-likeness (QED) is 0.739. The van der Waals surface area contributed by atoms with Crippen LogP contribution in [0.2, 0.25) is 0 Å². The van der Waals surface area contributed by atoms with Crippen LogP contribution in [0.1, 0.15) is 9.80 Å². The van der Waals surface area contributed by atoms with Gasteiger partial charge in [-0.1, -0.05) is 0 Å². The molecule has 0 aliphatic heterocycles. The van der Waals surface area contributed by atoms with Crippen molar-refractivity contribution in [3.8, 4) is 11.3 Å². The van der Waals surface area contributed by atoms with Gasteiger partial charge in [0.25, 0.3) is 0 Å². The second kappa shape index (κ2) is 4.05. The minimum Gasteiger partial charge on any atom is -0.345 e. The average Bonchev–Trinajstić information content (AvgIpc) is 2.93. The number of nitrogens with one attached hydrogen (secondary N) is 1. The molecule has 0 unspecified atom stereocenters. The highest BCUT2D eigenvalue weighted by Gasteiger charge is 2.10. The second-order valence-corrected chi connectivity index (χ2v) is 5.25. The number of carbonyl (C=O) groups is 1. The molecule has 3 aromatic heterocycles. The number of pyridine rings is 1. The Bertz CT molecular complexity index is 704. The number of hydrogen-bond acceptors (Lipinski definition) is 4. The van der Waals surface area contributed by atoms with Crippen LogP contribution in [0.3, 0.4) is 0 Å². The van der Waals surface area contributed by atoms with E-state index in [0.717, 1.165) is 33.0 Å². The Morgan fingerprint density at radius 2 is 2.35 bits per heavy atom. The van der Waals surface area contributed by atoms with Gasteiger partial charge in [0.2, 0.25) is 0 Å². The molecule has 0 aromatic carbocycles. The third kappa shape index (κ3) is 1.79. The van der Waals surface area contributed by atoms with Crippen LogP contribution in [0.25, 0.3) is 22.3 Å². The number of aromatic nitrogens is 3. The summed E-state index contributed by atoms with van der Waals surface area (Å²) in [6, 6.07) is 1.98. The molecule has 0 atom stereocenters. The lowest BCUT2D eigenvalue weighted by molar-refractivity contribution is 0.112. The number of H-pyrrole nitrogens is 1. The number of carbonyl (C=O) groups excluding carboxylic acids is 1. The molecule has 0 bridgehead atoms. The standard InChI is InChI=1S/C11H6BrN3OS/c12-6-1-7-8(3-14-11(7)13-2-6)9-5-17-10(4-16)15-9/h1-5H,(H,13,14). The molecule has 4 nitrogen and oxygen atoms in total. The molecular formula is C11H6BrN3OS. The smallest absolute Gasteiger partial charge is 0.178 e. The summed E-state index contributed by atoms with van der Waals surface area (Å²) in [5.74, 6) is 0. The number of aldehydes is 1. The van der Waals surface area contributed by atoms with Crippen molar-refractivity contribution < 1.29 is 4.79 Å². The maximum Gasteiger partial charge on any atom is 0.178 e. The molecule has 0 amide bonds. The Morgan fingerprint density at radius 1 is 1.47 bits per heavy atom. The van der Waals surface area contributed by atoms with Crippen molar-refractivity contribution in [1.29, 1.82) is 0 Å². The van der Waals surface area contributed by atoms with Crippen LogP contribution in [-0.2, 0) is 0 Å². The highest BCUT2D eigenvalue weighted by Crippen LogP contribution is 2.29. The second-order valence-electron chi connectivity index (χ2n) is 3.44. The summed E-state index contributed by atoms with van der Waals surface area (Å²) in [4.78, 5) is 22.2. The van der Waals surface area contributed by atoms with Gasteiger partial charge < -0.3 is 4.98 Å². The summed E-state index contributed by atoms with van der Waals surface area (Å²) < 4.78 is 0.914. The van der Waals surface area contributed by atoms with E-state index in [4.69, 9.17) is 0 Å². The fourth-order valence-electron chi connectivity index (χ4n) is 1.66. The van der Waals surface area contributed by atoms with Crippen molar-refractivity contribution in [3.63, 3.8) is 0 Å². The largest absolute Gasteiger partial charge is 0.345 e. The van der Waals surface area contributed by atoms with Gasteiger partial charge in [-0.05, 0) is 22.0 Å². The fraction of sp³-hybridized carbons (Fsp3) is 0. The Hall–Kier alpha value is -1.53. The highest BCUT2D eigenvalue weighted by molar-refractivity contribution is 9.10. The fourth-order valence-corrected chi connectivity index (χ4v) is 2.61. The minimum atomic E-state index is 0.484. The minimum absolute atomic E-state index is 0.484. The summed E-state index contributed by atoms with van der Waals surface area (Å²) in [5, 5.41) is 3.34. The first-order chi connectivity index (χ1) is 8.28. The zero-order valence-corrected chi connectivity index (χ0v) is 10.9. The molecule has 0 aliphatic rings. The van der Waals surface area contributed by atoms with E-state index in [9.17, 15) is 4.79 Å². The van der Waals surface area contributed by atoms with Crippen LogP contribution in [-0.4, -0.2) is 21.2 Å². The Kier molecular flexibility index (Phi) is 2.53. The van der Waals surface area contributed by atoms with Gasteiger partial charge in [-0.25, -0.2) is 9.97 Å². The topological polar surface area (TPSA) is 58.6 Å². The summed E-state index contributed by atoms with van der Waals surface area (Å²) in [5.41, 5.74) is 2.56. The lowest BCUT2D eigenvalue weighted by Crippen LogP contribution is -1.80. The van der Waals surface area contributed by atoms with Crippen molar-refractivity contribution in [3.05, 3.63) is 33.3 Å². The van der Waals surface area contributed by atoms with Gasteiger partial charge in [0.1, 0.15) is 5.65 Å². The number of aromatic amines is 1. The first-order valence-corrected chi connectivity index (χ1v) is 6.49. The van der Waals surface area contributed by atoms with Crippen molar-refractivity contribution in [1.82, 2.24) is 15.0 Å². The number of fused-ring (bicyclic) bond motifs is 1. The van der Waals surface area contributed by atoms with Crippen LogP contribution < -0.4 is 0 Å². The van der Waals surface area contributed by atoms with Crippen molar-refractivity contribution in [2.24, 2.45) is 0 Å². The van der Waals surface area contributed by atoms with Crippen molar-refractivity contribution in [2.45, 2.75) is 0 Å². The van der Waals surface area contributed by atoms with Gasteiger partial charge in [-0.15, -0.1) is 11.3 Å². The molecule has 0 radical (unpaired) electrons. The number of halogens is 1. The zero-order chi connectivity index (χ0) is 11.8. The first kappa shape index (κ1) is 10.6. The van der Waals surface area contributed by atoms with Crippen LogP contribution in [0.4, 0.5) is 0 Å². The molecule has 3 heterocycles. The maximum atomic E-state index is 10.6. The van der Waals surface area contributed by atoms with E-state index in [1.54, 1.807) is 6.20 Å². The van der Waals surface area contributed by atoms with E-state index in [0.29, 0.717) is 5.01 Å². The first-order valence-electron chi connectivity index (χ1n) is 4.81. The summed E-state index contributed by atoms with van der Waals surface area (Å²) in [7, 11) is 0. The molecule has 1 N–H and O–H groups in total. The van der Waals surface area contributed by atoms with E-state index in [1.165, 1.54) is 11.3 Å². The summed E-state index contributed by atoms with van der Waals surface area (Å²) in [6.07, 6.45) is 4.35. The monoisotopic (exact) mass is 307 g/mol. The van der Waals surface area contributed by atoms with Gasteiger partial charge >= 0.3 is 0 Å². The van der Waals surface area contributed by atoms with Gasteiger partial charge in [-0.2, -0.15) is 0 Å². The lowest BCUT2D eigenvalue weighted by atomic mass is 10.2. The van der Waals surface area contributed by atoms with Crippen LogP contribution in [0, 0.1) is 0 Å². The number of hydrogen-bond donors (Lipinski definition) is 1. The Morgan fingerprint density at radius 3 is 3.12 bits per heavy atom. The molecule has 0 saturated heterocycles. The van der Waals surface area contributed by atoms with E-state index in [1.807, 2.05) is 17.6 Å². The highest BCUT2D eigenvalue weighted by atomic mass is 79.9. The molecule has 0 saturated carbocycles. The van der Waals surface area contributed by atoms with E-state index >= 15 is 0 Å². The van der Waals surface area contributed by atoms with Crippen LogP contribution >= 0.6 is 27.3 Å². The molecule has 0 spiro atoms. The van der Waals surface area contributed by atoms with Gasteiger partial charge in [0.15, 0.2) is 11.3 Å². The molecule has 17 heavy (non-hydrogen) atoms. The van der Waals surface area contributed by atoms with Crippen molar-refractivity contribution >= 4 is 44.6 Å². The molecule has 6 heteroatoms. The third-order valence-corrected chi connectivity index (χ3v) is 3.60. The molecule has 0 aliphatic carbocycles. The predicted molar refractivity (Wildman–Crippen MR) is 70.3 cm³/mol. The molecule has 0 fully saturated rings. The zero-order valence-electron chi connectivity index (χ0n) is 8.48. The molecule has 84 valence electrons. The van der Waals surface area contributed by atoms with Crippen LogP contribution in [0.5, 0.6) is 0 Å². The van der Waals surface area contributed by atoms with Gasteiger partial charge in [-0.3, -0.25) is 4.79 Å². The Labute approximate surface area is 109 Å². The third-order valence-electron chi connectivity index (χ3n) is 2.40. The Balaban J connectivity index is 2.22. The lowest BCUT2D eigenvalue weighted by Gasteiger charge is -1.94. The number of nitrogens with zero attached hydrogens (tertiary/aromatic N) is 2. The number of thiazole rings is 1. The maximum absolute atomic E-state index is 10.6. The van der Waals surface area contributed by atoms with Gasteiger partial charge in [0.05, 0.1) is 5.69 Å². The van der Waals surface area contributed by atoms with Gasteiger partial charge in [0, 0.05) is 33.2 Å². The summed E-state index contributed by atoms with van der Waals surface area (Å²) in [6.45, 7) is 0. The summed E-state index contributed by atoms with van der Waals surface area (Å²) >= 11 is 4.73. The normalized spacial score (nSPS) is 10.9. The SMILES string of the molecule is O=Cc1nc(-c2c[nH]c3ncc(Br)cc23)cs1. The molecular weight excluding hydrogens is 302 g/mol. The van der Waals surface area contributed by atoms with Crippen molar-refractivity contribution in [2.75, 3.05) is 0 Å². The molecule has 3 aromatic rings. The van der Waals surface area contributed by atoms with E-state index in [-0.39, 0.29) is 0 Å². The van der Waals surface area contributed by atoms with Crippen LogP contribution in [0.15, 0.2) is 28.3 Å². The van der Waals surface area contributed by atoms with E-state index < -0.39 is 0 Å². The van der Waals surface area contributed by atoms with E-state index in [2.05, 4.69) is 30.9 Å².